The van der Waals surface area contributed by atoms with Crippen molar-refractivity contribution in [2.75, 3.05) is 20.8 Å². The average molecular weight is 330 g/mol. The van der Waals surface area contributed by atoms with Gasteiger partial charge in [0, 0.05) is 0 Å². The van der Waals surface area contributed by atoms with Gasteiger partial charge in [-0.15, -0.1) is 0 Å². The molecule has 0 aliphatic carbocycles. The highest BCUT2D eigenvalue weighted by molar-refractivity contribution is 5.83. The molecule has 1 amide bonds. The van der Waals surface area contributed by atoms with Gasteiger partial charge in [-0.05, 0) is 35.9 Å². The van der Waals surface area contributed by atoms with E-state index in [2.05, 4.69) is 10.5 Å². The van der Waals surface area contributed by atoms with E-state index in [1.165, 1.54) is 26.5 Å². The number of phenols is 1. The summed E-state index contributed by atoms with van der Waals surface area (Å²) in [4.78, 5) is 11.7. The van der Waals surface area contributed by atoms with Crippen molar-refractivity contribution in [3.05, 3.63) is 48.0 Å². The molecule has 0 fully saturated rings. The average Bonchev–Trinajstić information content (AvgIpc) is 2.60. The molecule has 0 saturated carbocycles. The summed E-state index contributed by atoms with van der Waals surface area (Å²) in [5.74, 6) is 0.949. The van der Waals surface area contributed by atoms with Crippen LogP contribution in [0.5, 0.6) is 23.0 Å². The Hall–Kier alpha value is -3.22. The molecule has 2 aromatic carbocycles. The monoisotopic (exact) mass is 330 g/mol. The fraction of sp³-hybridized carbons (Fsp3) is 0.176. The Morgan fingerprint density at radius 2 is 1.83 bits per heavy atom. The molecule has 0 radical (unpaired) electrons. The van der Waals surface area contributed by atoms with Gasteiger partial charge >= 0.3 is 0 Å². The SMILES string of the molecule is COc1ccc(/C=N/NC(=O)COc2ccccc2OC)cc1O. The first-order chi connectivity index (χ1) is 11.6. The van der Waals surface area contributed by atoms with E-state index in [0.717, 1.165) is 0 Å². The van der Waals surface area contributed by atoms with Gasteiger partial charge in [0.05, 0.1) is 20.4 Å². The van der Waals surface area contributed by atoms with Gasteiger partial charge in [-0.2, -0.15) is 5.10 Å². The summed E-state index contributed by atoms with van der Waals surface area (Å²) in [6.07, 6.45) is 1.40. The summed E-state index contributed by atoms with van der Waals surface area (Å²) >= 11 is 0. The molecule has 2 rings (SSSR count). The molecular weight excluding hydrogens is 312 g/mol. The molecule has 0 aliphatic heterocycles. The van der Waals surface area contributed by atoms with Crippen molar-refractivity contribution in [3.63, 3.8) is 0 Å². The predicted octanol–water partition coefficient (Wildman–Crippen LogP) is 1.94. The maximum Gasteiger partial charge on any atom is 0.277 e. The molecule has 0 aromatic heterocycles. The minimum atomic E-state index is -0.421. The number of hydrogen-bond acceptors (Lipinski definition) is 6. The normalized spacial score (nSPS) is 10.4. The molecule has 2 aromatic rings. The van der Waals surface area contributed by atoms with Crippen molar-refractivity contribution in [2.45, 2.75) is 0 Å². The van der Waals surface area contributed by atoms with Crippen LogP contribution in [0.3, 0.4) is 0 Å². The summed E-state index contributed by atoms with van der Waals surface area (Å²) in [7, 11) is 2.99. The summed E-state index contributed by atoms with van der Waals surface area (Å²) in [5, 5.41) is 13.5. The Balaban J connectivity index is 1.85. The summed E-state index contributed by atoms with van der Waals surface area (Å²) in [6, 6.07) is 11.8. The highest BCUT2D eigenvalue weighted by atomic mass is 16.5. The Labute approximate surface area is 139 Å². The number of rotatable bonds is 7. The van der Waals surface area contributed by atoms with Crippen molar-refractivity contribution < 1.29 is 24.1 Å². The molecule has 0 atom stereocenters. The van der Waals surface area contributed by atoms with E-state index in [-0.39, 0.29) is 12.4 Å². The number of methoxy groups -OCH3 is 2. The van der Waals surface area contributed by atoms with Gasteiger partial charge in [0.2, 0.25) is 0 Å². The standard InChI is InChI=1S/C17H18N2O5/c1-22-14-8-7-12(9-13(14)20)10-18-19-17(21)11-24-16-6-4-3-5-15(16)23-2/h3-10,20H,11H2,1-2H3,(H,19,21)/b18-10+. The third-order valence-electron chi connectivity index (χ3n) is 3.03. The van der Waals surface area contributed by atoms with Crippen molar-refractivity contribution >= 4 is 12.1 Å². The number of nitrogens with zero attached hydrogens (tertiary/aromatic N) is 1. The van der Waals surface area contributed by atoms with Crippen molar-refractivity contribution in [1.82, 2.24) is 5.43 Å². The molecule has 0 bridgehead atoms. The van der Waals surface area contributed by atoms with Crippen LogP contribution in [0, 0.1) is 0 Å². The quantitative estimate of drug-likeness (QED) is 0.598. The van der Waals surface area contributed by atoms with Gasteiger partial charge in [-0.3, -0.25) is 4.79 Å². The number of carbonyl (C=O) groups is 1. The van der Waals surface area contributed by atoms with Crippen molar-refractivity contribution in [1.29, 1.82) is 0 Å². The molecule has 0 unspecified atom stereocenters. The van der Waals surface area contributed by atoms with Gasteiger partial charge in [0.15, 0.2) is 29.6 Å². The van der Waals surface area contributed by atoms with E-state index in [1.54, 1.807) is 36.4 Å². The number of benzene rings is 2. The fourth-order valence-corrected chi connectivity index (χ4v) is 1.88. The van der Waals surface area contributed by atoms with E-state index in [0.29, 0.717) is 22.8 Å². The lowest BCUT2D eigenvalue weighted by Crippen LogP contribution is -2.24. The molecule has 7 nitrogen and oxygen atoms in total. The Morgan fingerprint density at radius 1 is 1.12 bits per heavy atom. The second-order valence-corrected chi connectivity index (χ2v) is 4.66. The number of hydrogen-bond donors (Lipinski definition) is 2. The minimum absolute atomic E-state index is 0.00715. The van der Waals surface area contributed by atoms with Crippen LogP contribution in [0.15, 0.2) is 47.6 Å². The molecule has 2 N–H and O–H groups in total. The van der Waals surface area contributed by atoms with Crippen LogP contribution >= 0.6 is 0 Å². The van der Waals surface area contributed by atoms with Gasteiger partial charge in [-0.1, -0.05) is 12.1 Å². The number of aromatic hydroxyl groups is 1. The molecule has 0 heterocycles. The topological polar surface area (TPSA) is 89.4 Å². The maximum atomic E-state index is 11.7. The number of phenolic OH excluding ortho intramolecular Hbond substituents is 1. The van der Waals surface area contributed by atoms with Crippen molar-refractivity contribution in [3.8, 4) is 23.0 Å². The van der Waals surface area contributed by atoms with E-state index >= 15 is 0 Å². The van der Waals surface area contributed by atoms with E-state index in [4.69, 9.17) is 14.2 Å². The zero-order valence-electron chi connectivity index (χ0n) is 13.4. The highest BCUT2D eigenvalue weighted by Gasteiger charge is 2.06. The molecule has 0 aliphatic rings. The van der Waals surface area contributed by atoms with E-state index < -0.39 is 5.91 Å². The largest absolute Gasteiger partial charge is 0.504 e. The van der Waals surface area contributed by atoms with Gasteiger partial charge in [0.1, 0.15) is 0 Å². The van der Waals surface area contributed by atoms with Crippen LogP contribution < -0.4 is 19.6 Å². The smallest absolute Gasteiger partial charge is 0.277 e. The Kier molecular flexibility index (Phi) is 6.01. The zero-order valence-corrected chi connectivity index (χ0v) is 13.4. The molecular formula is C17H18N2O5. The Morgan fingerprint density at radius 3 is 2.50 bits per heavy atom. The van der Waals surface area contributed by atoms with Crippen LogP contribution in [0.4, 0.5) is 0 Å². The van der Waals surface area contributed by atoms with Crippen LogP contribution in [0.1, 0.15) is 5.56 Å². The number of ether oxygens (including phenoxy) is 3. The summed E-state index contributed by atoms with van der Waals surface area (Å²) in [6.45, 7) is -0.203. The highest BCUT2D eigenvalue weighted by Crippen LogP contribution is 2.26. The maximum absolute atomic E-state index is 11.7. The number of carbonyl (C=O) groups excluding carboxylic acids is 1. The van der Waals surface area contributed by atoms with Crippen LogP contribution in [-0.2, 0) is 4.79 Å². The van der Waals surface area contributed by atoms with Gasteiger partial charge in [-0.25, -0.2) is 5.43 Å². The lowest BCUT2D eigenvalue weighted by molar-refractivity contribution is -0.123. The minimum Gasteiger partial charge on any atom is -0.504 e. The molecule has 126 valence electrons. The first kappa shape index (κ1) is 17.1. The zero-order chi connectivity index (χ0) is 17.4. The second kappa shape index (κ2) is 8.42. The lowest BCUT2D eigenvalue weighted by Gasteiger charge is -2.09. The third-order valence-corrected chi connectivity index (χ3v) is 3.03. The number of amides is 1. The third kappa shape index (κ3) is 4.64. The second-order valence-electron chi connectivity index (χ2n) is 4.66. The number of para-hydroxylation sites is 2. The summed E-state index contributed by atoms with van der Waals surface area (Å²) in [5.41, 5.74) is 2.95. The van der Waals surface area contributed by atoms with Crippen LogP contribution in [0.2, 0.25) is 0 Å². The van der Waals surface area contributed by atoms with Gasteiger partial charge in [0.25, 0.3) is 5.91 Å². The number of hydrazone groups is 1. The van der Waals surface area contributed by atoms with Crippen LogP contribution in [0.25, 0.3) is 0 Å². The first-order valence-electron chi connectivity index (χ1n) is 7.08. The van der Waals surface area contributed by atoms with Crippen molar-refractivity contribution in [2.24, 2.45) is 5.10 Å². The van der Waals surface area contributed by atoms with Gasteiger partial charge < -0.3 is 19.3 Å². The van der Waals surface area contributed by atoms with Crippen LogP contribution in [-0.4, -0.2) is 38.1 Å². The van der Waals surface area contributed by atoms with E-state index in [9.17, 15) is 9.90 Å². The molecule has 0 saturated heterocycles. The first-order valence-corrected chi connectivity index (χ1v) is 7.08. The summed E-state index contributed by atoms with van der Waals surface area (Å²) < 4.78 is 15.4. The predicted molar refractivity (Wildman–Crippen MR) is 88.9 cm³/mol. The molecule has 24 heavy (non-hydrogen) atoms. The lowest BCUT2D eigenvalue weighted by atomic mass is 10.2. The molecule has 0 spiro atoms. The van der Waals surface area contributed by atoms with E-state index in [1.807, 2.05) is 0 Å². The Bertz CT molecular complexity index is 731. The number of nitrogens with one attached hydrogen (secondary N) is 1. The fourth-order valence-electron chi connectivity index (χ4n) is 1.88. The molecule has 7 heteroatoms.